The molecule has 0 saturated heterocycles. The van der Waals surface area contributed by atoms with Gasteiger partial charge in [-0.1, -0.05) is 12.1 Å². The topological polar surface area (TPSA) is 21.3 Å². The number of rotatable bonds is 5. The number of nitrogens with one attached hydrogen (secondary N) is 1. The zero-order chi connectivity index (χ0) is 15.4. The van der Waals surface area contributed by atoms with E-state index >= 15 is 0 Å². The molecule has 112 valence electrons. The highest BCUT2D eigenvalue weighted by Gasteiger charge is 2.17. The van der Waals surface area contributed by atoms with E-state index in [4.69, 9.17) is 4.74 Å². The van der Waals surface area contributed by atoms with Crippen LogP contribution in [0, 0.1) is 17.5 Å². The summed E-state index contributed by atoms with van der Waals surface area (Å²) in [5.74, 6) is -3.11. The Labute approximate surface area is 121 Å². The summed E-state index contributed by atoms with van der Waals surface area (Å²) in [6.07, 6.45) is 0.498. The van der Waals surface area contributed by atoms with E-state index in [1.54, 1.807) is 14.2 Å². The average Bonchev–Trinajstić information content (AvgIpc) is 2.50. The van der Waals surface area contributed by atoms with Crippen LogP contribution < -0.4 is 10.1 Å². The Morgan fingerprint density at radius 1 is 1.10 bits per heavy atom. The third kappa shape index (κ3) is 3.55. The molecule has 0 aliphatic heterocycles. The fourth-order valence-electron chi connectivity index (χ4n) is 2.20. The predicted molar refractivity (Wildman–Crippen MR) is 74.8 cm³/mol. The summed E-state index contributed by atoms with van der Waals surface area (Å²) in [6, 6.07) is 9.09. The molecule has 1 unspecified atom stereocenters. The fourth-order valence-corrected chi connectivity index (χ4v) is 2.20. The van der Waals surface area contributed by atoms with Gasteiger partial charge in [0.1, 0.15) is 5.75 Å². The van der Waals surface area contributed by atoms with Crippen molar-refractivity contribution in [3.8, 4) is 5.75 Å². The Bertz CT molecular complexity index is 608. The lowest BCUT2D eigenvalue weighted by molar-refractivity contribution is 0.414. The first kappa shape index (κ1) is 15.4. The van der Waals surface area contributed by atoms with E-state index in [-0.39, 0.29) is 6.04 Å². The molecule has 0 spiro atoms. The molecule has 0 aliphatic rings. The van der Waals surface area contributed by atoms with Gasteiger partial charge in [0.2, 0.25) is 0 Å². The zero-order valence-corrected chi connectivity index (χ0v) is 11.8. The van der Waals surface area contributed by atoms with Gasteiger partial charge in [-0.3, -0.25) is 0 Å². The molecule has 0 bridgehead atoms. The number of likely N-dealkylation sites (N-methyl/N-ethyl adjacent to an activating group) is 1. The largest absolute Gasteiger partial charge is 0.497 e. The summed E-state index contributed by atoms with van der Waals surface area (Å²) in [5, 5.41) is 2.98. The number of methoxy groups -OCH3 is 1. The van der Waals surface area contributed by atoms with E-state index in [1.807, 2.05) is 24.3 Å². The van der Waals surface area contributed by atoms with Gasteiger partial charge in [0.25, 0.3) is 0 Å². The zero-order valence-electron chi connectivity index (χ0n) is 11.8. The quantitative estimate of drug-likeness (QED) is 0.851. The Morgan fingerprint density at radius 3 is 2.33 bits per heavy atom. The molecule has 1 atom stereocenters. The van der Waals surface area contributed by atoms with E-state index < -0.39 is 17.5 Å². The molecule has 2 rings (SSSR count). The third-order valence-corrected chi connectivity index (χ3v) is 3.33. The van der Waals surface area contributed by atoms with Crippen molar-refractivity contribution in [1.82, 2.24) is 5.32 Å². The molecule has 0 fully saturated rings. The maximum atomic E-state index is 13.3. The number of hydrogen-bond donors (Lipinski definition) is 1. The smallest absolute Gasteiger partial charge is 0.194 e. The highest BCUT2D eigenvalue weighted by molar-refractivity contribution is 5.31. The second-order valence-electron chi connectivity index (χ2n) is 4.70. The molecule has 21 heavy (non-hydrogen) atoms. The van der Waals surface area contributed by atoms with E-state index in [1.165, 1.54) is 0 Å². The number of hydrogen-bond acceptors (Lipinski definition) is 2. The van der Waals surface area contributed by atoms with Crippen molar-refractivity contribution in [2.24, 2.45) is 0 Å². The molecule has 0 aliphatic carbocycles. The first-order valence-corrected chi connectivity index (χ1v) is 6.49. The molecule has 2 aromatic carbocycles. The minimum absolute atomic E-state index is 0.332. The van der Waals surface area contributed by atoms with Gasteiger partial charge >= 0.3 is 0 Å². The Balaban J connectivity index is 2.27. The van der Waals surface area contributed by atoms with Gasteiger partial charge in [-0.2, -0.15) is 0 Å². The van der Waals surface area contributed by atoms with Gasteiger partial charge in [-0.15, -0.1) is 0 Å². The molecule has 5 heteroatoms. The van der Waals surface area contributed by atoms with Gasteiger partial charge in [-0.25, -0.2) is 13.2 Å². The van der Waals surface area contributed by atoms with Gasteiger partial charge in [-0.05, 0) is 48.9 Å². The van der Waals surface area contributed by atoms with E-state index in [0.717, 1.165) is 17.7 Å². The van der Waals surface area contributed by atoms with Crippen molar-refractivity contribution in [1.29, 1.82) is 0 Å². The van der Waals surface area contributed by atoms with Gasteiger partial charge in [0.15, 0.2) is 17.5 Å². The molecule has 2 aromatic rings. The lowest BCUT2D eigenvalue weighted by Gasteiger charge is -2.17. The van der Waals surface area contributed by atoms with Crippen LogP contribution in [0.2, 0.25) is 0 Å². The average molecular weight is 295 g/mol. The van der Waals surface area contributed by atoms with Crippen LogP contribution >= 0.6 is 0 Å². The predicted octanol–water partition coefficient (Wildman–Crippen LogP) is 3.62. The first-order chi connectivity index (χ1) is 10.0. The molecule has 1 N–H and O–H groups in total. The van der Waals surface area contributed by atoms with Crippen molar-refractivity contribution in [2.45, 2.75) is 12.5 Å². The second-order valence-corrected chi connectivity index (χ2v) is 4.70. The molecule has 0 amide bonds. The van der Waals surface area contributed by atoms with E-state index in [0.29, 0.717) is 17.7 Å². The summed E-state index contributed by atoms with van der Waals surface area (Å²) in [4.78, 5) is 0. The van der Waals surface area contributed by atoms with Crippen LogP contribution in [0.4, 0.5) is 13.2 Å². The molecule has 0 aromatic heterocycles. The van der Waals surface area contributed by atoms with Crippen molar-refractivity contribution >= 4 is 0 Å². The number of ether oxygens (including phenoxy) is 1. The minimum atomic E-state index is -1.45. The van der Waals surface area contributed by atoms with Crippen LogP contribution in [0.15, 0.2) is 36.4 Å². The maximum Gasteiger partial charge on any atom is 0.194 e. The van der Waals surface area contributed by atoms with Crippen LogP contribution in [0.3, 0.4) is 0 Å². The lowest BCUT2D eigenvalue weighted by atomic mass is 9.98. The molecule has 0 saturated carbocycles. The lowest BCUT2D eigenvalue weighted by Crippen LogP contribution is -2.19. The Kier molecular flexibility index (Phi) is 4.85. The van der Waals surface area contributed by atoms with Crippen molar-refractivity contribution in [3.63, 3.8) is 0 Å². The highest BCUT2D eigenvalue weighted by Crippen LogP contribution is 2.23. The fraction of sp³-hybridized carbons (Fsp3) is 0.250. The summed E-state index contributed by atoms with van der Waals surface area (Å²) in [5.41, 5.74) is 1.30. The third-order valence-electron chi connectivity index (χ3n) is 3.33. The van der Waals surface area contributed by atoms with Crippen LogP contribution in [-0.4, -0.2) is 14.2 Å². The second kappa shape index (κ2) is 6.63. The summed E-state index contributed by atoms with van der Waals surface area (Å²) in [6.45, 7) is 0. The minimum Gasteiger partial charge on any atom is -0.497 e. The van der Waals surface area contributed by atoms with Crippen molar-refractivity contribution < 1.29 is 17.9 Å². The van der Waals surface area contributed by atoms with Crippen LogP contribution in [-0.2, 0) is 6.42 Å². The normalized spacial score (nSPS) is 12.2. The molecule has 0 radical (unpaired) electrons. The Morgan fingerprint density at radius 2 is 1.76 bits per heavy atom. The van der Waals surface area contributed by atoms with Gasteiger partial charge in [0, 0.05) is 6.04 Å². The Hall–Kier alpha value is -2.01. The summed E-state index contributed by atoms with van der Waals surface area (Å²) < 4.78 is 44.8. The summed E-state index contributed by atoms with van der Waals surface area (Å²) >= 11 is 0. The molecular weight excluding hydrogens is 279 g/mol. The molecule has 0 heterocycles. The van der Waals surface area contributed by atoms with Crippen LogP contribution in [0.5, 0.6) is 5.75 Å². The van der Waals surface area contributed by atoms with Gasteiger partial charge in [0.05, 0.1) is 7.11 Å². The highest BCUT2D eigenvalue weighted by atomic mass is 19.2. The van der Waals surface area contributed by atoms with Crippen molar-refractivity contribution in [2.75, 3.05) is 14.2 Å². The summed E-state index contributed by atoms with van der Waals surface area (Å²) in [7, 11) is 3.25. The SMILES string of the molecule is CNC(Cc1cccc(OC)c1)c1cc(F)c(F)c(F)c1. The molecular formula is C16H16F3NO. The number of halogens is 3. The maximum absolute atomic E-state index is 13.3. The van der Waals surface area contributed by atoms with E-state index in [2.05, 4.69) is 5.32 Å². The first-order valence-electron chi connectivity index (χ1n) is 6.49. The monoisotopic (exact) mass is 295 g/mol. The van der Waals surface area contributed by atoms with Crippen LogP contribution in [0.25, 0.3) is 0 Å². The van der Waals surface area contributed by atoms with Gasteiger partial charge < -0.3 is 10.1 Å². The molecule has 2 nitrogen and oxygen atoms in total. The standard InChI is InChI=1S/C16H16F3NO/c1-20-15(7-10-4-3-5-12(6-10)21-2)11-8-13(17)16(19)14(18)9-11/h3-6,8-9,15,20H,7H2,1-2H3. The van der Waals surface area contributed by atoms with E-state index in [9.17, 15) is 13.2 Å². The number of benzene rings is 2. The van der Waals surface area contributed by atoms with Crippen molar-refractivity contribution in [3.05, 3.63) is 65.0 Å². The van der Waals surface area contributed by atoms with Crippen LogP contribution in [0.1, 0.15) is 17.2 Å².